The SMILES string of the molecule is CCC(=O)C(C)=CC1CC=C(C)CC1. The van der Waals surface area contributed by atoms with E-state index < -0.39 is 0 Å². The summed E-state index contributed by atoms with van der Waals surface area (Å²) in [6.45, 7) is 6.05. The molecular weight excluding hydrogens is 172 g/mol. The Balaban J connectivity index is 2.56. The van der Waals surface area contributed by atoms with Gasteiger partial charge < -0.3 is 0 Å². The number of hydrogen-bond acceptors (Lipinski definition) is 1. The molecule has 1 unspecified atom stereocenters. The van der Waals surface area contributed by atoms with Crippen LogP contribution in [0.2, 0.25) is 0 Å². The van der Waals surface area contributed by atoms with Gasteiger partial charge in [0.15, 0.2) is 5.78 Å². The fraction of sp³-hybridized carbons (Fsp3) is 0.615. The molecule has 0 aromatic rings. The van der Waals surface area contributed by atoms with Crippen molar-refractivity contribution in [1.82, 2.24) is 0 Å². The monoisotopic (exact) mass is 192 g/mol. The van der Waals surface area contributed by atoms with Crippen LogP contribution in [-0.2, 0) is 4.79 Å². The number of rotatable bonds is 3. The molecule has 1 heteroatoms. The Morgan fingerprint density at radius 2 is 2.36 bits per heavy atom. The second-order valence-corrected chi connectivity index (χ2v) is 4.21. The molecule has 1 atom stereocenters. The summed E-state index contributed by atoms with van der Waals surface area (Å²) in [4.78, 5) is 11.4. The zero-order valence-electron chi connectivity index (χ0n) is 9.47. The molecular formula is C13H20O. The molecule has 0 aliphatic heterocycles. The first kappa shape index (κ1) is 11.2. The number of hydrogen-bond donors (Lipinski definition) is 0. The summed E-state index contributed by atoms with van der Waals surface area (Å²) in [5.74, 6) is 0.880. The lowest BCUT2D eigenvalue weighted by atomic mass is 9.88. The maximum absolute atomic E-state index is 11.4. The lowest BCUT2D eigenvalue weighted by Crippen LogP contribution is -2.05. The van der Waals surface area contributed by atoms with E-state index in [4.69, 9.17) is 0 Å². The maximum atomic E-state index is 11.4. The van der Waals surface area contributed by atoms with Gasteiger partial charge in [-0.05, 0) is 44.6 Å². The van der Waals surface area contributed by atoms with Crippen molar-refractivity contribution in [3.63, 3.8) is 0 Å². The summed E-state index contributed by atoms with van der Waals surface area (Å²) >= 11 is 0. The summed E-state index contributed by atoms with van der Waals surface area (Å²) < 4.78 is 0. The average molecular weight is 192 g/mol. The summed E-state index contributed by atoms with van der Waals surface area (Å²) in [5, 5.41) is 0. The summed E-state index contributed by atoms with van der Waals surface area (Å²) in [6, 6.07) is 0. The molecule has 1 aliphatic carbocycles. The Kier molecular flexibility index (Phi) is 4.12. The van der Waals surface area contributed by atoms with Gasteiger partial charge >= 0.3 is 0 Å². The molecule has 1 nitrogen and oxygen atoms in total. The molecule has 1 rings (SSSR count). The minimum atomic E-state index is 0.288. The first-order valence-corrected chi connectivity index (χ1v) is 5.50. The molecule has 0 aromatic carbocycles. The number of Topliss-reactive ketones (excluding diaryl/α,β-unsaturated/α-hetero) is 1. The molecule has 0 bridgehead atoms. The molecule has 0 aromatic heterocycles. The predicted molar refractivity (Wildman–Crippen MR) is 60.2 cm³/mol. The van der Waals surface area contributed by atoms with Crippen molar-refractivity contribution in [1.29, 1.82) is 0 Å². The highest BCUT2D eigenvalue weighted by Crippen LogP contribution is 2.25. The third-order valence-electron chi connectivity index (χ3n) is 2.93. The van der Waals surface area contributed by atoms with Crippen LogP contribution >= 0.6 is 0 Å². The van der Waals surface area contributed by atoms with Crippen molar-refractivity contribution < 1.29 is 4.79 Å². The molecule has 0 fully saturated rings. The minimum absolute atomic E-state index is 0.288. The van der Waals surface area contributed by atoms with Gasteiger partial charge in [0.1, 0.15) is 0 Å². The Labute approximate surface area is 86.9 Å². The minimum Gasteiger partial charge on any atom is -0.295 e. The third-order valence-corrected chi connectivity index (χ3v) is 2.93. The summed E-state index contributed by atoms with van der Waals surface area (Å²) in [5.41, 5.74) is 2.44. The molecule has 0 N–H and O–H groups in total. The van der Waals surface area contributed by atoms with Crippen LogP contribution in [0.4, 0.5) is 0 Å². The van der Waals surface area contributed by atoms with E-state index in [2.05, 4.69) is 19.1 Å². The van der Waals surface area contributed by atoms with Crippen LogP contribution in [0.3, 0.4) is 0 Å². The molecule has 0 saturated carbocycles. The molecule has 14 heavy (non-hydrogen) atoms. The van der Waals surface area contributed by atoms with Gasteiger partial charge in [-0.25, -0.2) is 0 Å². The van der Waals surface area contributed by atoms with Crippen LogP contribution in [0, 0.1) is 5.92 Å². The van der Waals surface area contributed by atoms with E-state index in [1.807, 2.05) is 13.8 Å². The second kappa shape index (κ2) is 5.14. The normalized spacial score (nSPS) is 23.2. The molecule has 78 valence electrons. The lowest BCUT2D eigenvalue weighted by molar-refractivity contribution is -0.115. The molecule has 0 spiro atoms. The zero-order chi connectivity index (χ0) is 10.6. The quantitative estimate of drug-likeness (QED) is 0.492. The van der Waals surface area contributed by atoms with Gasteiger partial charge in [0, 0.05) is 6.42 Å². The van der Waals surface area contributed by atoms with Crippen LogP contribution in [0.1, 0.15) is 46.5 Å². The highest BCUT2D eigenvalue weighted by Gasteiger charge is 2.11. The van der Waals surface area contributed by atoms with Crippen LogP contribution in [0.5, 0.6) is 0 Å². The zero-order valence-corrected chi connectivity index (χ0v) is 9.47. The summed E-state index contributed by atoms with van der Waals surface area (Å²) in [6.07, 6.45) is 8.60. The number of carbonyl (C=O) groups excluding carboxylic acids is 1. The van der Waals surface area contributed by atoms with Gasteiger partial charge in [0.25, 0.3) is 0 Å². The fourth-order valence-corrected chi connectivity index (χ4v) is 1.86. The van der Waals surface area contributed by atoms with Crippen LogP contribution in [-0.4, -0.2) is 5.78 Å². The maximum Gasteiger partial charge on any atom is 0.157 e. The van der Waals surface area contributed by atoms with E-state index in [0.717, 1.165) is 12.0 Å². The smallest absolute Gasteiger partial charge is 0.157 e. The average Bonchev–Trinajstić information content (AvgIpc) is 2.20. The number of ketones is 1. The highest BCUT2D eigenvalue weighted by atomic mass is 16.1. The number of carbonyl (C=O) groups is 1. The lowest BCUT2D eigenvalue weighted by Gasteiger charge is -2.17. The van der Waals surface area contributed by atoms with Gasteiger partial charge in [-0.1, -0.05) is 24.6 Å². The van der Waals surface area contributed by atoms with Crippen LogP contribution in [0.15, 0.2) is 23.3 Å². The van der Waals surface area contributed by atoms with Crippen LogP contribution in [0.25, 0.3) is 0 Å². The van der Waals surface area contributed by atoms with Crippen LogP contribution < -0.4 is 0 Å². The van der Waals surface area contributed by atoms with Gasteiger partial charge in [-0.15, -0.1) is 0 Å². The van der Waals surface area contributed by atoms with E-state index in [1.54, 1.807) is 0 Å². The van der Waals surface area contributed by atoms with Gasteiger partial charge in [-0.3, -0.25) is 4.79 Å². The van der Waals surface area contributed by atoms with Crippen molar-refractivity contribution >= 4 is 5.78 Å². The standard InChI is InChI=1S/C13H20O/c1-4-13(14)11(3)9-12-7-5-10(2)6-8-12/h5,9,12H,4,6-8H2,1-3H3. The second-order valence-electron chi connectivity index (χ2n) is 4.21. The van der Waals surface area contributed by atoms with Crippen molar-refractivity contribution in [2.24, 2.45) is 5.92 Å². The van der Waals surface area contributed by atoms with Crippen molar-refractivity contribution in [3.8, 4) is 0 Å². The highest BCUT2D eigenvalue weighted by molar-refractivity contribution is 5.94. The predicted octanol–water partition coefficient (Wildman–Crippen LogP) is 3.66. The van der Waals surface area contributed by atoms with Crippen molar-refractivity contribution in [3.05, 3.63) is 23.3 Å². The molecule has 0 saturated heterocycles. The van der Waals surface area contributed by atoms with E-state index >= 15 is 0 Å². The van der Waals surface area contributed by atoms with E-state index in [-0.39, 0.29) is 5.78 Å². The first-order chi connectivity index (χ1) is 6.63. The van der Waals surface area contributed by atoms with Crippen molar-refractivity contribution in [2.75, 3.05) is 0 Å². The Morgan fingerprint density at radius 1 is 1.64 bits per heavy atom. The van der Waals surface area contributed by atoms with E-state index in [0.29, 0.717) is 12.3 Å². The molecule has 0 radical (unpaired) electrons. The topological polar surface area (TPSA) is 17.1 Å². The van der Waals surface area contributed by atoms with E-state index in [1.165, 1.54) is 18.4 Å². The first-order valence-electron chi connectivity index (χ1n) is 5.50. The largest absolute Gasteiger partial charge is 0.295 e. The molecule has 0 heterocycles. The van der Waals surface area contributed by atoms with Gasteiger partial charge in [0.2, 0.25) is 0 Å². The fourth-order valence-electron chi connectivity index (χ4n) is 1.86. The summed E-state index contributed by atoms with van der Waals surface area (Å²) in [7, 11) is 0. The Bertz CT molecular complexity index is 271. The van der Waals surface area contributed by atoms with E-state index in [9.17, 15) is 4.79 Å². The van der Waals surface area contributed by atoms with Gasteiger partial charge in [-0.2, -0.15) is 0 Å². The third kappa shape index (κ3) is 3.13. The number of allylic oxidation sites excluding steroid dienone is 4. The van der Waals surface area contributed by atoms with Crippen molar-refractivity contribution in [2.45, 2.75) is 46.5 Å². The Morgan fingerprint density at radius 3 is 2.86 bits per heavy atom. The molecule has 1 aliphatic rings. The molecule has 0 amide bonds. The van der Waals surface area contributed by atoms with Gasteiger partial charge in [0.05, 0.1) is 0 Å². The Hall–Kier alpha value is -0.850.